The summed E-state index contributed by atoms with van der Waals surface area (Å²) in [6, 6.07) is 10.2. The summed E-state index contributed by atoms with van der Waals surface area (Å²) in [5.74, 6) is 0.418. The van der Waals surface area contributed by atoms with E-state index in [1.807, 2.05) is 0 Å². The lowest BCUT2D eigenvalue weighted by Gasteiger charge is -2.26. The highest BCUT2D eigenvalue weighted by Gasteiger charge is 2.51. The molecular formula is C19H18F3N3O5. The summed E-state index contributed by atoms with van der Waals surface area (Å²) in [6.07, 6.45) is -6.49. The van der Waals surface area contributed by atoms with Crippen LogP contribution in [0.25, 0.3) is 0 Å². The topological polar surface area (TPSA) is 97.4 Å². The summed E-state index contributed by atoms with van der Waals surface area (Å²) < 4.78 is 51.2. The molecule has 2 aromatic carbocycles. The van der Waals surface area contributed by atoms with Crippen molar-refractivity contribution >= 4 is 17.6 Å². The Labute approximate surface area is 169 Å². The fourth-order valence-corrected chi connectivity index (χ4v) is 3.13. The van der Waals surface area contributed by atoms with E-state index in [1.165, 1.54) is 31.3 Å². The molecule has 1 aliphatic heterocycles. The zero-order valence-corrected chi connectivity index (χ0v) is 15.7. The van der Waals surface area contributed by atoms with Gasteiger partial charge in [-0.2, -0.15) is 13.2 Å². The standard InChI is InChI=1S/C19H18F3N3O5/c1-12-8-14(4-7-17(12)25(27)28)24-10-16(30-18(24)19(20,21)22)11-29-15-5-2-13(3-6-15)9-23-26/h2-9,16,18,26H,10-11H2,1H3/b23-9+. The fraction of sp³-hybridized carbons (Fsp3) is 0.316. The van der Waals surface area contributed by atoms with Gasteiger partial charge in [-0.15, -0.1) is 0 Å². The molecule has 0 saturated carbocycles. The number of anilines is 1. The predicted octanol–water partition coefficient (Wildman–Crippen LogP) is 3.88. The number of nitro benzene ring substituents is 1. The van der Waals surface area contributed by atoms with Gasteiger partial charge in [0.25, 0.3) is 5.69 Å². The van der Waals surface area contributed by atoms with Gasteiger partial charge in [-0.3, -0.25) is 10.1 Å². The van der Waals surface area contributed by atoms with Gasteiger partial charge in [-0.1, -0.05) is 5.16 Å². The van der Waals surface area contributed by atoms with Gasteiger partial charge in [-0.05, 0) is 48.9 Å². The Morgan fingerprint density at radius 3 is 2.60 bits per heavy atom. The van der Waals surface area contributed by atoms with E-state index in [4.69, 9.17) is 14.7 Å². The molecule has 2 unspecified atom stereocenters. The Hall–Kier alpha value is -3.34. The first kappa shape index (κ1) is 21.4. The second-order valence-corrected chi connectivity index (χ2v) is 6.66. The molecule has 160 valence electrons. The molecular weight excluding hydrogens is 407 g/mol. The summed E-state index contributed by atoms with van der Waals surface area (Å²) in [5, 5.41) is 22.4. The third-order valence-corrected chi connectivity index (χ3v) is 4.52. The first-order valence-corrected chi connectivity index (χ1v) is 8.83. The molecule has 0 aliphatic carbocycles. The van der Waals surface area contributed by atoms with Crippen LogP contribution >= 0.6 is 0 Å². The Bertz CT molecular complexity index is 934. The van der Waals surface area contributed by atoms with Crippen molar-refractivity contribution in [2.75, 3.05) is 18.1 Å². The zero-order chi connectivity index (χ0) is 21.9. The highest BCUT2D eigenvalue weighted by Crippen LogP contribution is 2.36. The second-order valence-electron chi connectivity index (χ2n) is 6.66. The third kappa shape index (κ3) is 4.79. The van der Waals surface area contributed by atoms with E-state index < -0.39 is 23.4 Å². The van der Waals surface area contributed by atoms with Gasteiger partial charge in [0, 0.05) is 17.3 Å². The zero-order valence-electron chi connectivity index (χ0n) is 15.7. The molecule has 30 heavy (non-hydrogen) atoms. The highest BCUT2D eigenvalue weighted by atomic mass is 19.4. The minimum atomic E-state index is -4.66. The lowest BCUT2D eigenvalue weighted by atomic mass is 10.1. The van der Waals surface area contributed by atoms with Crippen LogP contribution in [-0.2, 0) is 4.74 Å². The number of rotatable bonds is 6. The van der Waals surface area contributed by atoms with E-state index in [0.717, 1.165) is 4.90 Å². The average Bonchev–Trinajstić information content (AvgIpc) is 3.12. The maximum Gasteiger partial charge on any atom is 0.433 e. The van der Waals surface area contributed by atoms with Crippen LogP contribution in [0.4, 0.5) is 24.5 Å². The van der Waals surface area contributed by atoms with E-state index >= 15 is 0 Å². The van der Waals surface area contributed by atoms with Crippen molar-refractivity contribution in [3.63, 3.8) is 0 Å². The molecule has 1 aliphatic rings. The summed E-state index contributed by atoms with van der Waals surface area (Å²) in [7, 11) is 0. The van der Waals surface area contributed by atoms with Crippen LogP contribution in [0, 0.1) is 17.0 Å². The number of ether oxygens (including phenoxy) is 2. The van der Waals surface area contributed by atoms with Crippen molar-refractivity contribution in [1.82, 2.24) is 0 Å². The number of nitrogens with zero attached hydrogens (tertiary/aromatic N) is 3. The lowest BCUT2D eigenvalue weighted by molar-refractivity contribution is -0.385. The molecule has 3 rings (SSSR count). The average molecular weight is 425 g/mol. The monoisotopic (exact) mass is 425 g/mol. The van der Waals surface area contributed by atoms with E-state index in [1.54, 1.807) is 24.3 Å². The largest absolute Gasteiger partial charge is 0.491 e. The highest BCUT2D eigenvalue weighted by molar-refractivity contribution is 5.79. The number of hydrogen-bond acceptors (Lipinski definition) is 7. The van der Waals surface area contributed by atoms with Gasteiger partial charge < -0.3 is 19.6 Å². The van der Waals surface area contributed by atoms with Gasteiger partial charge in [0.2, 0.25) is 6.23 Å². The number of hydrogen-bond donors (Lipinski definition) is 1. The van der Waals surface area contributed by atoms with Crippen molar-refractivity contribution in [2.24, 2.45) is 5.16 Å². The van der Waals surface area contributed by atoms with Crippen molar-refractivity contribution in [3.8, 4) is 5.75 Å². The molecule has 1 fully saturated rings. The normalized spacial score (nSPS) is 19.4. The van der Waals surface area contributed by atoms with E-state index in [2.05, 4.69) is 5.16 Å². The van der Waals surface area contributed by atoms with Crippen molar-refractivity contribution in [3.05, 3.63) is 63.7 Å². The minimum Gasteiger partial charge on any atom is -0.491 e. The smallest absolute Gasteiger partial charge is 0.433 e. The molecule has 1 N–H and O–H groups in total. The molecule has 2 aromatic rings. The van der Waals surface area contributed by atoms with Crippen LogP contribution in [0.3, 0.4) is 0 Å². The number of oxime groups is 1. The SMILES string of the molecule is Cc1cc(N2CC(COc3ccc(/C=N/O)cc3)OC2C(F)(F)F)ccc1[N+](=O)[O-]. The molecule has 8 nitrogen and oxygen atoms in total. The Kier molecular flexibility index (Phi) is 6.11. The van der Waals surface area contributed by atoms with Crippen LogP contribution in [0.5, 0.6) is 5.75 Å². The summed E-state index contributed by atoms with van der Waals surface area (Å²) in [5.41, 5.74) is 0.885. The molecule has 0 amide bonds. The molecule has 2 atom stereocenters. The number of nitro groups is 1. The van der Waals surface area contributed by atoms with Crippen LogP contribution in [-0.4, -0.2) is 48.0 Å². The first-order chi connectivity index (χ1) is 14.2. The van der Waals surface area contributed by atoms with Gasteiger partial charge >= 0.3 is 6.18 Å². The van der Waals surface area contributed by atoms with Crippen molar-refractivity contribution in [2.45, 2.75) is 25.4 Å². The fourth-order valence-electron chi connectivity index (χ4n) is 3.13. The first-order valence-electron chi connectivity index (χ1n) is 8.83. The van der Waals surface area contributed by atoms with Crippen LogP contribution < -0.4 is 9.64 Å². The van der Waals surface area contributed by atoms with Crippen LogP contribution in [0.15, 0.2) is 47.6 Å². The van der Waals surface area contributed by atoms with E-state index in [0.29, 0.717) is 11.3 Å². The molecule has 0 spiro atoms. The predicted molar refractivity (Wildman–Crippen MR) is 101 cm³/mol. The van der Waals surface area contributed by atoms with E-state index in [9.17, 15) is 23.3 Å². The maximum atomic E-state index is 13.5. The minimum absolute atomic E-state index is 0.101. The summed E-state index contributed by atoms with van der Waals surface area (Å²) >= 11 is 0. The molecule has 1 heterocycles. The Balaban J connectivity index is 1.73. The molecule has 11 heteroatoms. The second kappa shape index (κ2) is 8.57. The molecule has 0 radical (unpaired) electrons. The molecule has 0 bridgehead atoms. The van der Waals surface area contributed by atoms with Gasteiger partial charge in [-0.25, -0.2) is 0 Å². The Morgan fingerprint density at radius 1 is 1.33 bits per heavy atom. The van der Waals surface area contributed by atoms with Crippen molar-refractivity contribution < 1.29 is 32.8 Å². The molecule has 0 aromatic heterocycles. The molecule has 1 saturated heterocycles. The number of alkyl halides is 3. The maximum absolute atomic E-state index is 13.5. The summed E-state index contributed by atoms with van der Waals surface area (Å²) in [4.78, 5) is 11.4. The van der Waals surface area contributed by atoms with Crippen LogP contribution in [0.1, 0.15) is 11.1 Å². The number of aryl methyl sites for hydroxylation is 1. The van der Waals surface area contributed by atoms with Gasteiger partial charge in [0.1, 0.15) is 18.5 Å². The Morgan fingerprint density at radius 2 is 2.03 bits per heavy atom. The number of halogens is 3. The number of benzene rings is 2. The lowest BCUT2D eigenvalue weighted by Crippen LogP contribution is -2.42. The van der Waals surface area contributed by atoms with Crippen LogP contribution in [0.2, 0.25) is 0 Å². The third-order valence-electron chi connectivity index (χ3n) is 4.52. The van der Waals surface area contributed by atoms with Gasteiger partial charge in [0.15, 0.2) is 0 Å². The van der Waals surface area contributed by atoms with E-state index in [-0.39, 0.29) is 30.1 Å². The summed E-state index contributed by atoms with van der Waals surface area (Å²) in [6.45, 7) is 1.24. The van der Waals surface area contributed by atoms with Crippen molar-refractivity contribution in [1.29, 1.82) is 0 Å². The quantitative estimate of drug-likeness (QED) is 0.327. The van der Waals surface area contributed by atoms with Gasteiger partial charge in [0.05, 0.1) is 17.7 Å².